The van der Waals surface area contributed by atoms with E-state index >= 15 is 0 Å². The number of hydrogen-bond acceptors (Lipinski definition) is 10. The number of pyridine rings is 2. The van der Waals surface area contributed by atoms with E-state index in [4.69, 9.17) is 23.7 Å². The van der Waals surface area contributed by atoms with Crippen molar-refractivity contribution in [2.24, 2.45) is 0 Å². The zero-order valence-corrected chi connectivity index (χ0v) is 35.5. The summed E-state index contributed by atoms with van der Waals surface area (Å²) in [5, 5.41) is 13.5. The standard InChI is InChI=1S/C24H23F3N4O4.C18H15BrF3N3O3/c1-33-18-9-15(10-19(34-2)21(18)22(32)30-14-24(25,26)27)17-12-29-20-11-16(3-6-31(17)20)23(13-28)4-7-35-8-5-23;1-27-13-5-10(12-8-23-15-7-11(19)3-4-25(12)15)6-14(28-2)16(13)17(26)24-9-18(20,21)22/h3,6,9-12H,4-5,7-8,14H2,1-2H3,(H,30,32);3-8H,9H2,1-2H3,(H,24,26). The van der Waals surface area contributed by atoms with E-state index in [2.05, 4.69) is 32.0 Å². The topological polar surface area (TPSA) is 163 Å². The number of carbonyl (C=O) groups excluding carboxylic acids is 2. The Bertz CT molecular complexity index is 2640. The van der Waals surface area contributed by atoms with Gasteiger partial charge < -0.3 is 34.3 Å². The summed E-state index contributed by atoms with van der Waals surface area (Å²) in [4.78, 5) is 33.6. The van der Waals surface area contributed by atoms with E-state index < -0.39 is 42.7 Å². The van der Waals surface area contributed by atoms with Crippen molar-refractivity contribution in [2.75, 3.05) is 54.7 Å². The molecule has 14 nitrogen and oxygen atoms in total. The van der Waals surface area contributed by atoms with Gasteiger partial charge in [-0.15, -0.1) is 0 Å². The fraction of sp³-hybridized carbons (Fsp3) is 0.310. The molecule has 6 aromatic rings. The molecular formula is C42H38BrF6N7O7. The Kier molecular flexibility index (Phi) is 13.7. The fourth-order valence-electron chi connectivity index (χ4n) is 6.95. The molecular weight excluding hydrogens is 908 g/mol. The number of imidazole rings is 2. The number of amides is 2. The van der Waals surface area contributed by atoms with E-state index in [9.17, 15) is 41.2 Å². The lowest BCUT2D eigenvalue weighted by Gasteiger charge is -2.31. The third-order valence-electron chi connectivity index (χ3n) is 10.1. The van der Waals surface area contributed by atoms with Crippen LogP contribution in [0.3, 0.4) is 0 Å². The van der Waals surface area contributed by atoms with Crippen molar-refractivity contribution in [3.63, 3.8) is 0 Å². The molecule has 0 aliphatic carbocycles. The summed E-state index contributed by atoms with van der Waals surface area (Å²) in [5.74, 6) is -1.64. The molecule has 1 aliphatic rings. The molecule has 0 radical (unpaired) electrons. The molecule has 0 unspecified atom stereocenters. The van der Waals surface area contributed by atoms with Crippen LogP contribution in [0.15, 0.2) is 77.8 Å². The molecule has 2 amide bonds. The van der Waals surface area contributed by atoms with Crippen molar-refractivity contribution in [1.29, 1.82) is 5.26 Å². The molecule has 0 bridgehead atoms. The largest absolute Gasteiger partial charge is 0.496 e. The van der Waals surface area contributed by atoms with Crippen molar-refractivity contribution >= 4 is 39.0 Å². The van der Waals surface area contributed by atoms with Crippen LogP contribution in [0, 0.1) is 11.3 Å². The maximum Gasteiger partial charge on any atom is 0.405 e. The number of carbonyl (C=O) groups is 2. The highest BCUT2D eigenvalue weighted by atomic mass is 79.9. The number of nitrogens with zero attached hydrogens (tertiary/aromatic N) is 5. The number of ether oxygens (including phenoxy) is 5. The minimum absolute atomic E-state index is 0.0521. The molecule has 1 aliphatic heterocycles. The molecule has 2 N–H and O–H groups in total. The van der Waals surface area contributed by atoms with Gasteiger partial charge in [0.25, 0.3) is 11.8 Å². The van der Waals surface area contributed by atoms with Gasteiger partial charge in [-0.2, -0.15) is 31.6 Å². The van der Waals surface area contributed by atoms with Crippen LogP contribution in [0.1, 0.15) is 39.1 Å². The third kappa shape index (κ3) is 10.2. The van der Waals surface area contributed by atoms with Crippen molar-refractivity contribution in [3.8, 4) is 51.6 Å². The predicted octanol–water partition coefficient (Wildman–Crippen LogP) is 7.96. The van der Waals surface area contributed by atoms with E-state index in [0.29, 0.717) is 59.9 Å². The number of rotatable bonds is 11. The number of methoxy groups -OCH3 is 4. The average molecular weight is 947 g/mol. The van der Waals surface area contributed by atoms with Crippen LogP contribution in [0.5, 0.6) is 23.0 Å². The van der Waals surface area contributed by atoms with E-state index in [1.807, 2.05) is 56.1 Å². The Morgan fingerprint density at radius 2 is 1.14 bits per heavy atom. The van der Waals surface area contributed by atoms with Gasteiger partial charge in [0.05, 0.1) is 63.7 Å². The quantitative estimate of drug-likeness (QED) is 0.122. The summed E-state index contributed by atoms with van der Waals surface area (Å²) in [6.07, 6.45) is -1.01. The zero-order chi connectivity index (χ0) is 45.7. The normalized spacial score (nSPS) is 13.7. The van der Waals surface area contributed by atoms with E-state index in [-0.39, 0.29) is 34.1 Å². The monoisotopic (exact) mass is 945 g/mol. The van der Waals surface area contributed by atoms with Crippen LogP contribution in [0.2, 0.25) is 0 Å². The predicted molar refractivity (Wildman–Crippen MR) is 219 cm³/mol. The molecule has 21 heteroatoms. The van der Waals surface area contributed by atoms with Gasteiger partial charge in [0, 0.05) is 41.2 Å². The summed E-state index contributed by atoms with van der Waals surface area (Å²) in [7, 11) is 5.28. The number of aromatic nitrogens is 4. The number of fused-ring (bicyclic) bond motifs is 2. The first-order chi connectivity index (χ1) is 29.9. The van der Waals surface area contributed by atoms with Crippen LogP contribution < -0.4 is 29.6 Å². The van der Waals surface area contributed by atoms with Crippen molar-refractivity contribution in [3.05, 3.63) is 94.5 Å². The van der Waals surface area contributed by atoms with Gasteiger partial charge in [0.2, 0.25) is 0 Å². The van der Waals surface area contributed by atoms with Gasteiger partial charge in [-0.05, 0) is 66.9 Å². The van der Waals surface area contributed by atoms with E-state index in [1.54, 1.807) is 24.5 Å². The molecule has 4 aromatic heterocycles. The highest BCUT2D eigenvalue weighted by molar-refractivity contribution is 9.10. The Morgan fingerprint density at radius 3 is 1.54 bits per heavy atom. The summed E-state index contributed by atoms with van der Waals surface area (Å²) in [6.45, 7) is -1.91. The molecule has 1 fully saturated rings. The van der Waals surface area contributed by atoms with Crippen LogP contribution in [0.4, 0.5) is 26.3 Å². The van der Waals surface area contributed by atoms with E-state index in [1.165, 1.54) is 40.6 Å². The summed E-state index contributed by atoms with van der Waals surface area (Å²) in [5.41, 5.74) is 3.80. The molecule has 2 aromatic carbocycles. The van der Waals surface area contributed by atoms with Crippen LogP contribution in [-0.4, -0.2) is 97.7 Å². The first kappa shape index (κ1) is 46.0. The number of benzene rings is 2. The molecule has 0 spiro atoms. The number of nitrogens with one attached hydrogen (secondary N) is 2. The van der Waals surface area contributed by atoms with Gasteiger partial charge in [-0.1, -0.05) is 15.9 Å². The first-order valence-corrected chi connectivity index (χ1v) is 19.6. The minimum Gasteiger partial charge on any atom is -0.496 e. The second-order valence-corrected chi connectivity index (χ2v) is 14.8. The summed E-state index contributed by atoms with van der Waals surface area (Å²) in [6, 6.07) is 16.0. The zero-order valence-electron chi connectivity index (χ0n) is 33.9. The second-order valence-electron chi connectivity index (χ2n) is 13.9. The highest BCUT2D eigenvalue weighted by Gasteiger charge is 2.35. The lowest BCUT2D eigenvalue weighted by atomic mass is 9.76. The van der Waals surface area contributed by atoms with Crippen molar-refractivity contribution < 1.29 is 59.6 Å². The number of hydrogen-bond donors (Lipinski definition) is 2. The van der Waals surface area contributed by atoms with Crippen LogP contribution in [0.25, 0.3) is 33.8 Å². The van der Waals surface area contributed by atoms with Gasteiger partial charge in [-0.3, -0.25) is 18.4 Å². The van der Waals surface area contributed by atoms with Gasteiger partial charge in [0.1, 0.15) is 58.5 Å². The van der Waals surface area contributed by atoms with Crippen LogP contribution >= 0.6 is 15.9 Å². The van der Waals surface area contributed by atoms with Crippen LogP contribution in [-0.2, 0) is 10.2 Å². The maximum absolute atomic E-state index is 12.6. The van der Waals surface area contributed by atoms with Crippen molar-refractivity contribution in [1.82, 2.24) is 29.4 Å². The van der Waals surface area contributed by atoms with Gasteiger partial charge >= 0.3 is 12.4 Å². The summed E-state index contributed by atoms with van der Waals surface area (Å²) >= 11 is 3.38. The molecule has 1 saturated heterocycles. The lowest BCUT2D eigenvalue weighted by molar-refractivity contribution is -0.123. The fourth-order valence-corrected chi connectivity index (χ4v) is 7.27. The van der Waals surface area contributed by atoms with Gasteiger partial charge in [-0.25, -0.2) is 9.97 Å². The molecule has 332 valence electrons. The number of halogens is 7. The SMILES string of the molecule is COc1cc(-c2cnc3cc(Br)ccn23)cc(OC)c1C(=O)NCC(F)(F)F.COc1cc(-c2cnc3cc(C4(C#N)CCOCC4)ccn23)cc(OC)c1C(=O)NCC(F)(F)F. The first-order valence-electron chi connectivity index (χ1n) is 18.8. The molecule has 5 heterocycles. The lowest BCUT2D eigenvalue weighted by Crippen LogP contribution is -2.34. The summed E-state index contributed by atoms with van der Waals surface area (Å²) < 4.78 is 106. The average Bonchev–Trinajstić information content (AvgIpc) is 3.90. The Morgan fingerprint density at radius 1 is 0.730 bits per heavy atom. The van der Waals surface area contributed by atoms with E-state index in [0.717, 1.165) is 10.0 Å². The maximum atomic E-state index is 12.6. The molecule has 7 rings (SSSR count). The third-order valence-corrected chi connectivity index (χ3v) is 10.6. The Hall–Kier alpha value is -6.53. The second kappa shape index (κ2) is 18.8. The minimum atomic E-state index is -4.56. The Balaban J connectivity index is 0.000000215. The molecule has 0 atom stereocenters. The smallest absolute Gasteiger partial charge is 0.405 e. The molecule has 63 heavy (non-hydrogen) atoms. The number of alkyl halides is 6. The highest BCUT2D eigenvalue weighted by Crippen LogP contribution is 2.39. The molecule has 0 saturated carbocycles. The number of nitriles is 1. The van der Waals surface area contributed by atoms with Crippen molar-refractivity contribution in [2.45, 2.75) is 30.6 Å². The van der Waals surface area contributed by atoms with Gasteiger partial charge in [0.15, 0.2) is 0 Å². The Labute approximate surface area is 363 Å².